The maximum atomic E-state index is 10.7. The Morgan fingerprint density at radius 2 is 2.29 bits per heavy atom. The lowest BCUT2D eigenvalue weighted by Gasteiger charge is -2.46. The van der Waals surface area contributed by atoms with Crippen LogP contribution >= 0.6 is 0 Å². The molecule has 2 aliphatic heterocycles. The molecule has 0 saturated carbocycles. The third-order valence-electron chi connectivity index (χ3n) is 3.56. The van der Waals surface area contributed by atoms with Gasteiger partial charge in [-0.3, -0.25) is 0 Å². The van der Waals surface area contributed by atoms with Gasteiger partial charge in [0.05, 0.1) is 12.2 Å². The molecule has 2 fully saturated rings. The summed E-state index contributed by atoms with van der Waals surface area (Å²) in [5.74, 6) is 0.416. The quantitative estimate of drug-likeness (QED) is 0.600. The third-order valence-corrected chi connectivity index (χ3v) is 3.56. The number of ether oxygens (including phenoxy) is 2. The highest BCUT2D eigenvalue weighted by Crippen LogP contribution is 2.39. The molecule has 0 bridgehead atoms. The zero-order valence-electron chi connectivity index (χ0n) is 8.70. The van der Waals surface area contributed by atoms with Crippen LogP contribution in [0.15, 0.2) is 0 Å². The molecule has 0 N–H and O–H groups in total. The molecule has 0 aromatic rings. The molecule has 1 spiro atoms. The van der Waals surface area contributed by atoms with E-state index in [0.717, 1.165) is 45.2 Å². The van der Waals surface area contributed by atoms with Crippen LogP contribution in [0.25, 0.3) is 0 Å². The summed E-state index contributed by atoms with van der Waals surface area (Å²) < 4.78 is 11.3. The Morgan fingerprint density at radius 3 is 3.00 bits per heavy atom. The van der Waals surface area contributed by atoms with Crippen LogP contribution in [-0.4, -0.2) is 31.2 Å². The topological polar surface area (TPSA) is 35.5 Å². The fourth-order valence-corrected chi connectivity index (χ4v) is 2.57. The van der Waals surface area contributed by atoms with E-state index in [2.05, 4.69) is 6.92 Å². The highest BCUT2D eigenvalue weighted by Gasteiger charge is 2.43. The molecule has 0 radical (unpaired) electrons. The van der Waals surface area contributed by atoms with Crippen molar-refractivity contribution >= 4 is 6.29 Å². The summed E-state index contributed by atoms with van der Waals surface area (Å²) in [5, 5.41) is 0. The SMILES string of the molecule is CC1COCCC12CCCC(C=O)O2. The molecule has 14 heavy (non-hydrogen) atoms. The zero-order chi connectivity index (χ0) is 10.0. The molecule has 3 nitrogen and oxygen atoms in total. The van der Waals surface area contributed by atoms with Crippen LogP contribution in [0.5, 0.6) is 0 Å². The molecule has 2 heterocycles. The first-order valence-electron chi connectivity index (χ1n) is 5.48. The minimum absolute atomic E-state index is 0.0674. The van der Waals surface area contributed by atoms with E-state index in [1.807, 2.05) is 0 Å². The Hall–Kier alpha value is -0.410. The molecule has 2 rings (SSSR count). The lowest BCUT2D eigenvalue weighted by Crippen LogP contribution is -2.51. The van der Waals surface area contributed by atoms with Gasteiger partial charge in [-0.05, 0) is 19.3 Å². The van der Waals surface area contributed by atoms with E-state index >= 15 is 0 Å². The van der Waals surface area contributed by atoms with Gasteiger partial charge < -0.3 is 14.3 Å². The first kappa shape index (κ1) is 10.1. The average molecular weight is 198 g/mol. The largest absolute Gasteiger partial charge is 0.381 e. The van der Waals surface area contributed by atoms with Crippen molar-refractivity contribution in [1.29, 1.82) is 0 Å². The molecule has 80 valence electrons. The van der Waals surface area contributed by atoms with Crippen LogP contribution in [0.3, 0.4) is 0 Å². The number of carbonyl (C=O) groups is 1. The number of carbonyl (C=O) groups excluding carboxylic acids is 1. The van der Waals surface area contributed by atoms with Crippen molar-refractivity contribution in [2.45, 2.75) is 44.3 Å². The summed E-state index contributed by atoms with van der Waals surface area (Å²) in [7, 11) is 0. The van der Waals surface area contributed by atoms with Gasteiger partial charge in [-0.15, -0.1) is 0 Å². The second-order valence-corrected chi connectivity index (χ2v) is 4.48. The Balaban J connectivity index is 2.08. The van der Waals surface area contributed by atoms with E-state index in [1.54, 1.807) is 0 Å². The average Bonchev–Trinajstić information content (AvgIpc) is 2.23. The van der Waals surface area contributed by atoms with Crippen molar-refractivity contribution in [2.75, 3.05) is 13.2 Å². The van der Waals surface area contributed by atoms with E-state index in [4.69, 9.17) is 9.47 Å². The van der Waals surface area contributed by atoms with Crippen molar-refractivity contribution in [3.8, 4) is 0 Å². The van der Waals surface area contributed by atoms with Crippen LogP contribution in [0, 0.1) is 5.92 Å². The Morgan fingerprint density at radius 1 is 1.43 bits per heavy atom. The molecule has 2 aliphatic rings. The first-order chi connectivity index (χ1) is 6.77. The van der Waals surface area contributed by atoms with Gasteiger partial charge in [-0.25, -0.2) is 0 Å². The van der Waals surface area contributed by atoms with E-state index in [0.29, 0.717) is 5.92 Å². The summed E-state index contributed by atoms with van der Waals surface area (Å²) in [4.78, 5) is 10.7. The van der Waals surface area contributed by atoms with E-state index in [1.165, 1.54) is 0 Å². The van der Waals surface area contributed by atoms with Gasteiger partial charge >= 0.3 is 0 Å². The van der Waals surface area contributed by atoms with Crippen molar-refractivity contribution in [2.24, 2.45) is 5.92 Å². The minimum Gasteiger partial charge on any atom is -0.381 e. The molecule has 3 atom stereocenters. The smallest absolute Gasteiger partial charge is 0.148 e. The summed E-state index contributed by atoms with van der Waals surface area (Å²) in [6.07, 6.45) is 4.79. The number of aldehydes is 1. The molecule has 0 aliphatic carbocycles. The predicted octanol–water partition coefficient (Wildman–Crippen LogP) is 1.55. The maximum absolute atomic E-state index is 10.7. The standard InChI is InChI=1S/C11H18O3/c1-9-8-13-6-5-11(9)4-2-3-10(7-12)14-11/h7,9-10H,2-6,8H2,1H3. The van der Waals surface area contributed by atoms with Crippen molar-refractivity contribution in [3.63, 3.8) is 0 Å². The van der Waals surface area contributed by atoms with Crippen LogP contribution in [0.2, 0.25) is 0 Å². The van der Waals surface area contributed by atoms with Crippen LogP contribution in [0.1, 0.15) is 32.6 Å². The minimum atomic E-state index is -0.177. The Kier molecular flexibility index (Phi) is 2.88. The maximum Gasteiger partial charge on any atom is 0.148 e. The van der Waals surface area contributed by atoms with Gasteiger partial charge in [0, 0.05) is 18.9 Å². The molecule has 0 aromatic carbocycles. The van der Waals surface area contributed by atoms with E-state index < -0.39 is 0 Å². The van der Waals surface area contributed by atoms with Crippen LogP contribution < -0.4 is 0 Å². The molecule has 2 saturated heterocycles. The monoisotopic (exact) mass is 198 g/mol. The molecular formula is C11H18O3. The Bertz CT molecular complexity index is 213. The van der Waals surface area contributed by atoms with Gasteiger partial charge in [0.25, 0.3) is 0 Å². The zero-order valence-corrected chi connectivity index (χ0v) is 8.70. The van der Waals surface area contributed by atoms with Crippen molar-refractivity contribution in [3.05, 3.63) is 0 Å². The molecule has 3 heteroatoms. The van der Waals surface area contributed by atoms with Gasteiger partial charge in [0.1, 0.15) is 12.4 Å². The fourth-order valence-electron chi connectivity index (χ4n) is 2.57. The van der Waals surface area contributed by atoms with E-state index in [9.17, 15) is 4.79 Å². The van der Waals surface area contributed by atoms with Gasteiger partial charge in [0.15, 0.2) is 0 Å². The van der Waals surface area contributed by atoms with Crippen molar-refractivity contribution in [1.82, 2.24) is 0 Å². The Labute approximate surface area is 84.8 Å². The van der Waals surface area contributed by atoms with Gasteiger partial charge in [-0.1, -0.05) is 6.92 Å². The lowest BCUT2D eigenvalue weighted by atomic mass is 9.78. The highest BCUT2D eigenvalue weighted by atomic mass is 16.5. The summed E-state index contributed by atoms with van der Waals surface area (Å²) in [5.41, 5.74) is -0.0674. The molecular weight excluding hydrogens is 180 g/mol. The molecule has 3 unspecified atom stereocenters. The fraction of sp³-hybridized carbons (Fsp3) is 0.909. The predicted molar refractivity (Wildman–Crippen MR) is 52.1 cm³/mol. The second-order valence-electron chi connectivity index (χ2n) is 4.48. The van der Waals surface area contributed by atoms with Crippen LogP contribution in [-0.2, 0) is 14.3 Å². The molecule has 0 amide bonds. The first-order valence-corrected chi connectivity index (χ1v) is 5.48. The van der Waals surface area contributed by atoms with Crippen molar-refractivity contribution < 1.29 is 14.3 Å². The number of hydrogen-bond donors (Lipinski definition) is 0. The van der Waals surface area contributed by atoms with Gasteiger partial charge in [-0.2, -0.15) is 0 Å². The number of hydrogen-bond acceptors (Lipinski definition) is 3. The second kappa shape index (κ2) is 3.99. The highest BCUT2D eigenvalue weighted by molar-refractivity contribution is 5.56. The number of rotatable bonds is 1. The normalized spacial score (nSPS) is 43.8. The third kappa shape index (κ3) is 1.71. The van der Waals surface area contributed by atoms with E-state index in [-0.39, 0.29) is 11.7 Å². The summed E-state index contributed by atoms with van der Waals surface area (Å²) in [6, 6.07) is 0. The summed E-state index contributed by atoms with van der Waals surface area (Å²) >= 11 is 0. The van der Waals surface area contributed by atoms with Gasteiger partial charge in [0.2, 0.25) is 0 Å². The molecule has 0 aromatic heterocycles. The lowest BCUT2D eigenvalue weighted by molar-refractivity contribution is -0.194. The van der Waals surface area contributed by atoms with Crippen LogP contribution in [0.4, 0.5) is 0 Å². The summed E-state index contributed by atoms with van der Waals surface area (Å²) in [6.45, 7) is 3.70.